The average molecular weight is 360 g/mol. The maximum Gasteiger partial charge on any atom is 0.269 e. The van der Waals surface area contributed by atoms with Crippen LogP contribution in [0.3, 0.4) is 0 Å². The average Bonchev–Trinajstić information content (AvgIpc) is 2.64. The lowest BCUT2D eigenvalue weighted by molar-refractivity contribution is -0.384. The summed E-state index contributed by atoms with van der Waals surface area (Å²) < 4.78 is 18.9. The molecule has 7 nitrogen and oxygen atoms in total. The van der Waals surface area contributed by atoms with E-state index >= 15 is 0 Å². The highest BCUT2D eigenvalue weighted by atomic mass is 19.1. The standard InChI is InChI=1S/C18H21FN4O3/c1-20-18(21-13-14-6-5-7-15(12-14)23(24)25)22(2)10-11-26-17-9-4-3-8-16(17)19/h3-9,12H,10-11,13H2,1-2H3,(H,20,21). The second-order valence-corrected chi connectivity index (χ2v) is 5.53. The molecule has 0 bridgehead atoms. The smallest absolute Gasteiger partial charge is 0.269 e. The molecule has 0 unspecified atom stereocenters. The Labute approximate surface area is 151 Å². The molecule has 0 saturated heterocycles. The summed E-state index contributed by atoms with van der Waals surface area (Å²) in [5.41, 5.74) is 0.822. The molecule has 0 saturated carbocycles. The molecule has 0 aliphatic carbocycles. The van der Waals surface area contributed by atoms with Crippen LogP contribution in [0.25, 0.3) is 0 Å². The Morgan fingerprint density at radius 1 is 1.31 bits per heavy atom. The van der Waals surface area contributed by atoms with Gasteiger partial charge in [-0.1, -0.05) is 24.3 Å². The molecule has 2 aromatic carbocycles. The van der Waals surface area contributed by atoms with Crippen molar-refractivity contribution in [2.24, 2.45) is 4.99 Å². The van der Waals surface area contributed by atoms with Crippen LogP contribution in [-0.2, 0) is 6.54 Å². The van der Waals surface area contributed by atoms with Crippen LogP contribution in [0.15, 0.2) is 53.5 Å². The first-order chi connectivity index (χ1) is 12.5. The van der Waals surface area contributed by atoms with E-state index in [1.165, 1.54) is 18.2 Å². The number of likely N-dealkylation sites (N-methyl/N-ethyl adjacent to an activating group) is 1. The first-order valence-electron chi connectivity index (χ1n) is 8.03. The third-order valence-corrected chi connectivity index (χ3v) is 3.67. The summed E-state index contributed by atoms with van der Waals surface area (Å²) in [7, 11) is 3.47. The van der Waals surface area contributed by atoms with E-state index in [0.29, 0.717) is 19.0 Å². The number of nitro benzene ring substituents is 1. The van der Waals surface area contributed by atoms with Gasteiger partial charge in [0.15, 0.2) is 17.5 Å². The molecule has 0 aromatic heterocycles. The molecule has 0 spiro atoms. The summed E-state index contributed by atoms with van der Waals surface area (Å²) in [5, 5.41) is 14.0. The Balaban J connectivity index is 1.85. The highest BCUT2D eigenvalue weighted by molar-refractivity contribution is 5.79. The van der Waals surface area contributed by atoms with Crippen molar-refractivity contribution < 1.29 is 14.1 Å². The zero-order chi connectivity index (χ0) is 18.9. The van der Waals surface area contributed by atoms with Crippen LogP contribution in [0, 0.1) is 15.9 Å². The zero-order valence-electron chi connectivity index (χ0n) is 14.7. The lowest BCUT2D eigenvalue weighted by Gasteiger charge is -2.22. The Morgan fingerprint density at radius 3 is 2.77 bits per heavy atom. The molecular weight excluding hydrogens is 339 g/mol. The van der Waals surface area contributed by atoms with Gasteiger partial charge in [-0.05, 0) is 17.7 Å². The summed E-state index contributed by atoms with van der Waals surface area (Å²) in [5.74, 6) is 0.414. The molecule has 0 aliphatic heterocycles. The highest BCUT2D eigenvalue weighted by Gasteiger charge is 2.09. The summed E-state index contributed by atoms with van der Waals surface area (Å²) in [6.45, 7) is 1.17. The molecular formula is C18H21FN4O3. The van der Waals surface area contributed by atoms with Gasteiger partial charge in [0.1, 0.15) is 6.61 Å². The molecule has 0 radical (unpaired) electrons. The normalized spacial score (nSPS) is 11.1. The van der Waals surface area contributed by atoms with Gasteiger partial charge in [-0.15, -0.1) is 0 Å². The minimum atomic E-state index is -0.426. The fraction of sp³-hybridized carbons (Fsp3) is 0.278. The Kier molecular flexibility index (Phi) is 6.90. The number of rotatable bonds is 7. The number of aliphatic imine (C=N–C) groups is 1. The number of guanidine groups is 1. The SMILES string of the molecule is CN=C(NCc1cccc([N+](=O)[O-])c1)N(C)CCOc1ccccc1F. The molecule has 26 heavy (non-hydrogen) atoms. The molecule has 0 atom stereocenters. The first-order valence-corrected chi connectivity index (χ1v) is 8.03. The summed E-state index contributed by atoms with van der Waals surface area (Å²) in [4.78, 5) is 16.4. The van der Waals surface area contributed by atoms with Crippen LogP contribution in [0.5, 0.6) is 5.75 Å². The lowest BCUT2D eigenvalue weighted by atomic mass is 10.2. The Bertz CT molecular complexity index is 783. The van der Waals surface area contributed by atoms with Crippen LogP contribution in [0.2, 0.25) is 0 Å². The Hall–Kier alpha value is -3.16. The Morgan fingerprint density at radius 2 is 2.08 bits per heavy atom. The van der Waals surface area contributed by atoms with Crippen molar-refractivity contribution >= 4 is 11.6 Å². The fourth-order valence-electron chi connectivity index (χ4n) is 2.31. The largest absolute Gasteiger partial charge is 0.489 e. The van der Waals surface area contributed by atoms with Gasteiger partial charge in [0.05, 0.1) is 11.5 Å². The van der Waals surface area contributed by atoms with Crippen molar-refractivity contribution in [2.75, 3.05) is 27.2 Å². The van der Waals surface area contributed by atoms with Crippen LogP contribution in [-0.4, -0.2) is 43.0 Å². The van der Waals surface area contributed by atoms with E-state index < -0.39 is 10.7 Å². The van der Waals surface area contributed by atoms with Crippen molar-refractivity contribution in [3.63, 3.8) is 0 Å². The molecule has 0 heterocycles. The topological polar surface area (TPSA) is 80.0 Å². The van der Waals surface area contributed by atoms with Gasteiger partial charge < -0.3 is 15.0 Å². The number of benzene rings is 2. The molecule has 1 N–H and O–H groups in total. The fourth-order valence-corrected chi connectivity index (χ4v) is 2.31. The van der Waals surface area contributed by atoms with Crippen molar-refractivity contribution in [1.82, 2.24) is 10.2 Å². The summed E-state index contributed by atoms with van der Waals surface area (Å²) in [6, 6.07) is 12.6. The third kappa shape index (κ3) is 5.44. The molecule has 0 amide bonds. The number of nitrogens with one attached hydrogen (secondary N) is 1. The summed E-state index contributed by atoms with van der Waals surface area (Å²) in [6.07, 6.45) is 0. The van der Waals surface area contributed by atoms with E-state index in [-0.39, 0.29) is 18.0 Å². The predicted octanol–water partition coefficient (Wildman–Crippen LogP) is 2.82. The number of nitro groups is 1. The van der Waals surface area contributed by atoms with E-state index in [1.807, 2.05) is 11.9 Å². The van der Waals surface area contributed by atoms with Crippen molar-refractivity contribution in [3.05, 3.63) is 70.0 Å². The maximum absolute atomic E-state index is 13.5. The van der Waals surface area contributed by atoms with Crippen LogP contribution >= 0.6 is 0 Å². The van der Waals surface area contributed by atoms with Crippen molar-refractivity contribution in [1.29, 1.82) is 0 Å². The van der Waals surface area contributed by atoms with Gasteiger partial charge in [0.2, 0.25) is 0 Å². The van der Waals surface area contributed by atoms with Gasteiger partial charge >= 0.3 is 0 Å². The van der Waals surface area contributed by atoms with E-state index in [2.05, 4.69) is 10.3 Å². The number of non-ortho nitro benzene ring substituents is 1. The van der Waals surface area contributed by atoms with Gasteiger partial charge in [-0.25, -0.2) is 4.39 Å². The summed E-state index contributed by atoms with van der Waals surface area (Å²) >= 11 is 0. The minimum absolute atomic E-state index is 0.0472. The van der Waals surface area contributed by atoms with Gasteiger partial charge in [-0.3, -0.25) is 15.1 Å². The highest BCUT2D eigenvalue weighted by Crippen LogP contribution is 2.15. The van der Waals surface area contributed by atoms with E-state index in [4.69, 9.17) is 4.74 Å². The molecule has 0 aliphatic rings. The van der Waals surface area contributed by atoms with Crippen LogP contribution in [0.1, 0.15) is 5.56 Å². The number of nitrogens with zero attached hydrogens (tertiary/aromatic N) is 3. The second kappa shape index (κ2) is 9.36. The number of halogens is 1. The molecule has 0 fully saturated rings. The zero-order valence-corrected chi connectivity index (χ0v) is 14.7. The van der Waals surface area contributed by atoms with Crippen molar-refractivity contribution in [3.8, 4) is 5.75 Å². The van der Waals surface area contributed by atoms with Gasteiger partial charge in [0.25, 0.3) is 5.69 Å². The quantitative estimate of drug-likeness (QED) is 0.355. The molecule has 8 heteroatoms. The monoisotopic (exact) mass is 360 g/mol. The van der Waals surface area contributed by atoms with Crippen LogP contribution < -0.4 is 10.1 Å². The van der Waals surface area contributed by atoms with E-state index in [9.17, 15) is 14.5 Å². The molecule has 2 rings (SSSR count). The third-order valence-electron chi connectivity index (χ3n) is 3.67. The van der Waals surface area contributed by atoms with E-state index in [1.54, 1.807) is 37.4 Å². The molecule has 138 valence electrons. The number of hydrogen-bond acceptors (Lipinski definition) is 4. The number of ether oxygens (including phenoxy) is 1. The van der Waals surface area contributed by atoms with Crippen LogP contribution in [0.4, 0.5) is 10.1 Å². The van der Waals surface area contributed by atoms with E-state index in [0.717, 1.165) is 5.56 Å². The minimum Gasteiger partial charge on any atom is -0.489 e. The van der Waals surface area contributed by atoms with Crippen molar-refractivity contribution in [2.45, 2.75) is 6.54 Å². The number of para-hydroxylation sites is 1. The lowest BCUT2D eigenvalue weighted by Crippen LogP contribution is -2.40. The molecule has 2 aromatic rings. The second-order valence-electron chi connectivity index (χ2n) is 5.53. The maximum atomic E-state index is 13.5. The van der Waals surface area contributed by atoms with Gasteiger partial charge in [0, 0.05) is 32.8 Å². The number of hydrogen-bond donors (Lipinski definition) is 1. The van der Waals surface area contributed by atoms with Gasteiger partial charge in [-0.2, -0.15) is 0 Å². The predicted molar refractivity (Wildman–Crippen MR) is 97.8 cm³/mol. The first kappa shape index (κ1) is 19.2.